The van der Waals surface area contributed by atoms with Crippen molar-refractivity contribution in [3.05, 3.63) is 76.5 Å². The Labute approximate surface area is 185 Å². The molecule has 4 rings (SSSR count). The van der Waals surface area contributed by atoms with Crippen LogP contribution in [0.3, 0.4) is 0 Å². The van der Waals surface area contributed by atoms with Gasteiger partial charge in [0.05, 0.1) is 12.6 Å². The lowest BCUT2D eigenvalue weighted by Crippen LogP contribution is -2.32. The van der Waals surface area contributed by atoms with Crippen molar-refractivity contribution in [3.8, 4) is 0 Å². The molecular weight excluding hydrogens is 418 g/mol. The summed E-state index contributed by atoms with van der Waals surface area (Å²) in [6.07, 6.45) is 2.04. The molecule has 31 heavy (non-hydrogen) atoms. The predicted molar refractivity (Wildman–Crippen MR) is 116 cm³/mol. The van der Waals surface area contributed by atoms with Crippen molar-refractivity contribution in [3.63, 3.8) is 0 Å². The number of hydrogen-bond donors (Lipinski definition) is 2. The second kappa shape index (κ2) is 9.32. The van der Waals surface area contributed by atoms with Crippen molar-refractivity contribution in [2.45, 2.75) is 25.5 Å². The molecule has 3 amide bonds. The van der Waals surface area contributed by atoms with E-state index in [1.54, 1.807) is 24.3 Å². The van der Waals surface area contributed by atoms with Crippen molar-refractivity contribution >= 4 is 35.0 Å². The first-order valence-corrected chi connectivity index (χ1v) is 10.5. The van der Waals surface area contributed by atoms with E-state index in [0.29, 0.717) is 17.8 Å². The zero-order valence-electron chi connectivity index (χ0n) is 16.8. The average Bonchev–Trinajstić information content (AvgIpc) is 3.38. The van der Waals surface area contributed by atoms with E-state index in [1.807, 2.05) is 30.3 Å². The summed E-state index contributed by atoms with van der Waals surface area (Å²) in [5, 5.41) is 5.62. The van der Waals surface area contributed by atoms with Gasteiger partial charge in [0.15, 0.2) is 0 Å². The molecule has 7 nitrogen and oxygen atoms in total. The molecule has 0 saturated carbocycles. The molecule has 2 N–H and O–H groups in total. The van der Waals surface area contributed by atoms with Gasteiger partial charge in [0.2, 0.25) is 0 Å². The minimum absolute atomic E-state index is 0.0261. The zero-order chi connectivity index (χ0) is 21.8. The fourth-order valence-electron chi connectivity index (χ4n) is 3.53. The van der Waals surface area contributed by atoms with E-state index in [0.717, 1.165) is 29.9 Å². The molecule has 2 heterocycles. The number of benzene rings is 2. The summed E-state index contributed by atoms with van der Waals surface area (Å²) >= 11 is 6.15. The fourth-order valence-corrected chi connectivity index (χ4v) is 3.76. The number of carbonyl (C=O) groups is 3. The molecule has 2 aromatic rings. The Bertz CT molecular complexity index is 1010. The van der Waals surface area contributed by atoms with Crippen LogP contribution in [0.5, 0.6) is 0 Å². The van der Waals surface area contributed by atoms with E-state index in [4.69, 9.17) is 16.3 Å². The summed E-state index contributed by atoms with van der Waals surface area (Å²) in [4.78, 5) is 38.6. The molecule has 2 aliphatic heterocycles. The standard InChI is InChI=1S/C23H22ClN3O4/c24-19-20(23(30)27(22(19)29)14-15-5-2-1-3-6-15)26-17-10-8-16(9-11-17)21(28)25-13-18-7-4-12-31-18/h1-3,5-6,8-11,18,26H,4,7,12-14H2,(H,25,28)/t18-/m0/s1. The Morgan fingerprint density at radius 2 is 1.81 bits per heavy atom. The van der Waals surface area contributed by atoms with Crippen LogP contribution in [0.25, 0.3) is 0 Å². The molecule has 8 heteroatoms. The first-order valence-electron chi connectivity index (χ1n) is 10.1. The van der Waals surface area contributed by atoms with Crippen LogP contribution in [-0.4, -0.2) is 41.9 Å². The van der Waals surface area contributed by atoms with Crippen LogP contribution in [0.15, 0.2) is 65.3 Å². The minimum atomic E-state index is -0.539. The number of imide groups is 1. The highest BCUT2D eigenvalue weighted by Crippen LogP contribution is 2.27. The highest BCUT2D eigenvalue weighted by atomic mass is 35.5. The van der Waals surface area contributed by atoms with E-state index in [2.05, 4.69) is 10.6 Å². The van der Waals surface area contributed by atoms with Gasteiger partial charge in [-0.2, -0.15) is 0 Å². The number of carbonyl (C=O) groups excluding carboxylic acids is 3. The Morgan fingerprint density at radius 1 is 1.06 bits per heavy atom. The van der Waals surface area contributed by atoms with Crippen molar-refractivity contribution in [1.29, 1.82) is 0 Å². The normalized spacial score (nSPS) is 18.6. The highest BCUT2D eigenvalue weighted by molar-refractivity contribution is 6.48. The summed E-state index contributed by atoms with van der Waals surface area (Å²) in [6, 6.07) is 15.8. The molecule has 0 bridgehead atoms. The molecule has 0 unspecified atom stereocenters. The topological polar surface area (TPSA) is 87.7 Å². The molecule has 0 spiro atoms. The lowest BCUT2D eigenvalue weighted by molar-refractivity contribution is -0.138. The van der Waals surface area contributed by atoms with Gasteiger partial charge in [0.25, 0.3) is 17.7 Å². The average molecular weight is 440 g/mol. The van der Waals surface area contributed by atoms with Crippen LogP contribution >= 0.6 is 11.6 Å². The second-order valence-corrected chi connectivity index (χ2v) is 7.80. The lowest BCUT2D eigenvalue weighted by Gasteiger charge is -2.15. The van der Waals surface area contributed by atoms with Crippen LogP contribution < -0.4 is 10.6 Å². The molecule has 1 saturated heterocycles. The van der Waals surface area contributed by atoms with E-state index < -0.39 is 11.8 Å². The van der Waals surface area contributed by atoms with Gasteiger partial charge in [-0.05, 0) is 42.7 Å². The maximum atomic E-state index is 12.7. The van der Waals surface area contributed by atoms with Gasteiger partial charge in [-0.25, -0.2) is 0 Å². The number of amides is 3. The molecule has 1 atom stereocenters. The molecule has 0 radical (unpaired) electrons. The summed E-state index contributed by atoms with van der Waals surface area (Å²) in [6.45, 7) is 1.36. The summed E-state index contributed by atoms with van der Waals surface area (Å²) < 4.78 is 5.50. The van der Waals surface area contributed by atoms with Crippen LogP contribution in [0.2, 0.25) is 0 Å². The van der Waals surface area contributed by atoms with Gasteiger partial charge >= 0.3 is 0 Å². The Hall–Kier alpha value is -3.16. The molecular formula is C23H22ClN3O4. The maximum absolute atomic E-state index is 12.7. The molecule has 2 aliphatic rings. The quantitative estimate of drug-likeness (QED) is 0.647. The predicted octanol–water partition coefficient (Wildman–Crippen LogP) is 3.03. The first-order chi connectivity index (χ1) is 15.0. The van der Waals surface area contributed by atoms with Gasteiger partial charge in [0.1, 0.15) is 10.7 Å². The van der Waals surface area contributed by atoms with Gasteiger partial charge in [-0.3, -0.25) is 19.3 Å². The summed E-state index contributed by atoms with van der Waals surface area (Å²) in [7, 11) is 0. The number of rotatable bonds is 7. The lowest BCUT2D eigenvalue weighted by atomic mass is 10.1. The van der Waals surface area contributed by atoms with E-state index >= 15 is 0 Å². The SMILES string of the molecule is O=C(NC[C@@H]1CCCO1)c1ccc(NC2=C(Cl)C(=O)N(Cc3ccccc3)C2=O)cc1. The zero-order valence-corrected chi connectivity index (χ0v) is 17.5. The van der Waals surface area contributed by atoms with Crippen LogP contribution in [0, 0.1) is 0 Å². The van der Waals surface area contributed by atoms with Gasteiger partial charge in [-0.15, -0.1) is 0 Å². The van der Waals surface area contributed by atoms with E-state index in [-0.39, 0.29) is 29.3 Å². The number of hydrogen-bond acceptors (Lipinski definition) is 5. The number of anilines is 1. The second-order valence-electron chi connectivity index (χ2n) is 7.42. The first kappa shape index (κ1) is 21.1. The largest absolute Gasteiger partial charge is 0.376 e. The van der Waals surface area contributed by atoms with Crippen LogP contribution in [0.1, 0.15) is 28.8 Å². The molecule has 2 aromatic carbocycles. The maximum Gasteiger partial charge on any atom is 0.279 e. The molecule has 160 valence electrons. The number of halogens is 1. The molecule has 0 aromatic heterocycles. The van der Waals surface area contributed by atoms with Crippen molar-refractivity contribution < 1.29 is 19.1 Å². The smallest absolute Gasteiger partial charge is 0.279 e. The molecule has 1 fully saturated rings. The monoisotopic (exact) mass is 439 g/mol. The third kappa shape index (κ3) is 4.78. The highest BCUT2D eigenvalue weighted by Gasteiger charge is 2.37. The van der Waals surface area contributed by atoms with E-state index in [9.17, 15) is 14.4 Å². The minimum Gasteiger partial charge on any atom is -0.376 e. The van der Waals surface area contributed by atoms with Crippen molar-refractivity contribution in [2.24, 2.45) is 0 Å². The van der Waals surface area contributed by atoms with Gasteiger partial charge in [0, 0.05) is 24.4 Å². The van der Waals surface area contributed by atoms with Crippen LogP contribution in [0.4, 0.5) is 5.69 Å². The number of nitrogens with zero attached hydrogens (tertiary/aromatic N) is 1. The van der Waals surface area contributed by atoms with Gasteiger partial charge < -0.3 is 15.4 Å². The third-order valence-corrected chi connectivity index (χ3v) is 5.58. The van der Waals surface area contributed by atoms with Crippen molar-refractivity contribution in [1.82, 2.24) is 10.2 Å². The van der Waals surface area contributed by atoms with Crippen LogP contribution in [-0.2, 0) is 20.9 Å². The Kier molecular flexibility index (Phi) is 6.34. The Morgan fingerprint density at radius 3 is 2.48 bits per heavy atom. The Balaban J connectivity index is 1.38. The third-order valence-electron chi connectivity index (χ3n) is 5.23. The van der Waals surface area contributed by atoms with Crippen molar-refractivity contribution in [2.75, 3.05) is 18.5 Å². The number of ether oxygens (including phenoxy) is 1. The summed E-state index contributed by atoms with van der Waals surface area (Å²) in [5.74, 6) is -1.22. The van der Waals surface area contributed by atoms with Gasteiger partial charge in [-0.1, -0.05) is 41.9 Å². The molecule has 0 aliphatic carbocycles. The van der Waals surface area contributed by atoms with E-state index in [1.165, 1.54) is 0 Å². The fraction of sp³-hybridized carbons (Fsp3) is 0.261. The summed E-state index contributed by atoms with van der Waals surface area (Å²) in [5.41, 5.74) is 1.89. The number of nitrogens with one attached hydrogen (secondary N) is 2.